The molecule has 0 fully saturated rings. The highest BCUT2D eigenvalue weighted by molar-refractivity contribution is 5.98. The van der Waals surface area contributed by atoms with Crippen molar-refractivity contribution in [1.29, 1.82) is 0 Å². The van der Waals surface area contributed by atoms with E-state index in [9.17, 15) is 6.48 Å². The first-order chi connectivity index (χ1) is 34.3. The lowest BCUT2D eigenvalue weighted by Crippen LogP contribution is -2.17. The van der Waals surface area contributed by atoms with Crippen molar-refractivity contribution < 1.29 is 14.7 Å². The summed E-state index contributed by atoms with van der Waals surface area (Å²) in [5, 5.41) is 12.7. The highest BCUT2D eigenvalue weighted by Crippen LogP contribution is 2.47. The topological polar surface area (TPSA) is 50.9 Å². The third-order valence-corrected chi connectivity index (χ3v) is 12.4. The Bertz CT molecular complexity index is 3640. The fraction of sp³-hybridized carbons (Fsp3) is 0.226. The number of rotatable bonds is 7. The van der Waals surface area contributed by atoms with E-state index in [0.717, 1.165) is 66.8 Å². The molecule has 0 atom stereocenters. The van der Waals surface area contributed by atoms with Gasteiger partial charge in [0.2, 0.25) is 0 Å². The van der Waals surface area contributed by atoms with Crippen LogP contribution in [0.4, 0.5) is 0 Å². The number of hydrogen-bond donors (Lipinski definition) is 1. The first kappa shape index (κ1) is 36.2. The van der Waals surface area contributed by atoms with Crippen LogP contribution in [0.15, 0.2) is 164 Å². The number of phenols is 1. The standard InChI is InChI=1S/C62H61N3O/c1-39-25-27-41(28-26-39)44-29-30-63-54(35-44)46-32-45(33-47(34-46)60(3,4)5)49-23-18-24-55-57(49)64-59(52-36-48(61(6,7)8)37-53(58(52)66)62(9,10)11)65(55)56-38-50(42-19-14-12-15-20-42)40(2)31-51(56)43-21-16-13-17-22-43/h12-38,66H,1-11H3/i25D,26D,27D,28D,29D,30D,35D. The molecule has 9 rings (SSSR count). The molecule has 0 saturated carbocycles. The van der Waals surface area contributed by atoms with Crippen LogP contribution in [-0.2, 0) is 16.2 Å². The molecule has 0 aliphatic carbocycles. The van der Waals surface area contributed by atoms with Crippen LogP contribution in [0.1, 0.15) is 99.7 Å². The number of nitrogens with zero attached hydrogens (tertiary/aromatic N) is 3. The maximum Gasteiger partial charge on any atom is 0.149 e. The van der Waals surface area contributed by atoms with Crippen molar-refractivity contribution in [3.63, 3.8) is 0 Å². The normalized spacial score (nSPS) is 13.7. The van der Waals surface area contributed by atoms with Gasteiger partial charge >= 0.3 is 0 Å². The highest BCUT2D eigenvalue weighted by Gasteiger charge is 2.30. The van der Waals surface area contributed by atoms with Gasteiger partial charge in [-0.05, 0) is 129 Å². The summed E-state index contributed by atoms with van der Waals surface area (Å²) in [5.74, 6) is 0.697. The number of phenolic OH excluding ortho intramolecular Hbond substituents is 1. The number of pyridine rings is 1. The second-order valence-electron chi connectivity index (χ2n) is 20.5. The molecule has 0 aliphatic heterocycles. The zero-order valence-electron chi connectivity index (χ0n) is 46.8. The predicted octanol–water partition coefficient (Wildman–Crippen LogP) is 16.6. The van der Waals surface area contributed by atoms with E-state index >= 15 is 0 Å². The molecule has 0 saturated heterocycles. The first-order valence-electron chi connectivity index (χ1n) is 26.1. The maximum atomic E-state index is 12.7. The second-order valence-corrected chi connectivity index (χ2v) is 20.5. The third-order valence-electron chi connectivity index (χ3n) is 12.4. The lowest BCUT2D eigenvalue weighted by atomic mass is 9.79. The molecule has 9 aromatic rings. The van der Waals surface area contributed by atoms with Crippen molar-refractivity contribution in [2.75, 3.05) is 0 Å². The Labute approximate surface area is 401 Å². The summed E-state index contributed by atoms with van der Waals surface area (Å²) in [6.07, 6.45) is -0.458. The molecule has 0 radical (unpaired) electrons. The van der Waals surface area contributed by atoms with E-state index in [1.807, 2.05) is 60.7 Å². The van der Waals surface area contributed by atoms with Gasteiger partial charge in [-0.2, -0.15) is 0 Å². The molecule has 1 N–H and O–H groups in total. The molecule has 0 unspecified atom stereocenters. The Morgan fingerprint density at radius 3 is 1.77 bits per heavy atom. The van der Waals surface area contributed by atoms with Crippen LogP contribution in [0.2, 0.25) is 0 Å². The fourth-order valence-corrected chi connectivity index (χ4v) is 8.66. The van der Waals surface area contributed by atoms with Crippen LogP contribution in [-0.4, -0.2) is 19.6 Å². The smallest absolute Gasteiger partial charge is 0.149 e. The van der Waals surface area contributed by atoms with Gasteiger partial charge < -0.3 is 5.11 Å². The number of aromatic nitrogens is 3. The molecule has 330 valence electrons. The molecule has 4 nitrogen and oxygen atoms in total. The van der Waals surface area contributed by atoms with Gasteiger partial charge in [-0.25, -0.2) is 4.98 Å². The van der Waals surface area contributed by atoms with Gasteiger partial charge in [0, 0.05) is 28.4 Å². The van der Waals surface area contributed by atoms with Gasteiger partial charge in [-0.1, -0.05) is 177 Å². The summed E-state index contributed by atoms with van der Waals surface area (Å²) in [5.41, 5.74) is 11.5. The van der Waals surface area contributed by atoms with E-state index in [0.29, 0.717) is 22.5 Å². The van der Waals surface area contributed by atoms with Gasteiger partial charge in [-0.3, -0.25) is 9.55 Å². The average molecular weight is 871 g/mol. The lowest BCUT2D eigenvalue weighted by Gasteiger charge is -2.28. The minimum Gasteiger partial charge on any atom is -0.507 e. The van der Waals surface area contributed by atoms with Crippen LogP contribution in [0.5, 0.6) is 5.75 Å². The minimum atomic E-state index is -0.458. The zero-order valence-corrected chi connectivity index (χ0v) is 39.8. The van der Waals surface area contributed by atoms with Crippen LogP contribution >= 0.6 is 0 Å². The number of imidazole rings is 1. The molecule has 0 bridgehead atoms. The van der Waals surface area contributed by atoms with Gasteiger partial charge in [0.25, 0.3) is 0 Å². The average Bonchev–Trinajstić information content (AvgIpc) is 3.73. The van der Waals surface area contributed by atoms with Crippen LogP contribution in [0.3, 0.4) is 0 Å². The van der Waals surface area contributed by atoms with Crippen LogP contribution < -0.4 is 0 Å². The second kappa shape index (κ2) is 16.7. The molecular weight excluding hydrogens is 803 g/mol. The van der Waals surface area contributed by atoms with Crippen molar-refractivity contribution in [3.8, 4) is 78.6 Å². The summed E-state index contributed by atoms with van der Waals surface area (Å²) in [7, 11) is 0. The van der Waals surface area contributed by atoms with E-state index in [1.54, 1.807) is 0 Å². The lowest BCUT2D eigenvalue weighted by molar-refractivity contribution is 0.446. The van der Waals surface area contributed by atoms with E-state index in [4.69, 9.17) is 13.2 Å². The minimum absolute atomic E-state index is 0.0680. The molecule has 2 heterocycles. The molecule has 0 amide bonds. The number of fused-ring (bicyclic) bond motifs is 1. The maximum absolute atomic E-state index is 12.7. The number of benzene rings is 7. The van der Waals surface area contributed by atoms with E-state index in [2.05, 4.69) is 139 Å². The number of hydrogen-bond acceptors (Lipinski definition) is 3. The Morgan fingerprint density at radius 2 is 1.14 bits per heavy atom. The van der Waals surface area contributed by atoms with Gasteiger partial charge in [-0.15, -0.1) is 0 Å². The number of aromatic hydroxyl groups is 1. The molecule has 66 heavy (non-hydrogen) atoms. The van der Waals surface area contributed by atoms with Crippen molar-refractivity contribution in [2.45, 2.75) is 92.4 Å². The van der Waals surface area contributed by atoms with Crippen molar-refractivity contribution in [1.82, 2.24) is 14.5 Å². The monoisotopic (exact) mass is 871 g/mol. The van der Waals surface area contributed by atoms with Crippen LogP contribution in [0, 0.1) is 13.8 Å². The molecule has 0 spiro atoms. The zero-order chi connectivity index (χ0) is 52.8. The number of aryl methyl sites for hydroxylation is 1. The van der Waals surface area contributed by atoms with E-state index < -0.39 is 23.0 Å². The summed E-state index contributed by atoms with van der Waals surface area (Å²) < 4.78 is 64.7. The van der Waals surface area contributed by atoms with Gasteiger partial charge in [0.05, 0.1) is 37.6 Å². The number of para-hydroxylation sites is 1. The summed E-state index contributed by atoms with van der Waals surface area (Å²) in [6, 6.07) is 39.3. The van der Waals surface area contributed by atoms with Crippen molar-refractivity contribution in [3.05, 3.63) is 192 Å². The fourth-order valence-electron chi connectivity index (χ4n) is 8.66. The van der Waals surface area contributed by atoms with E-state index in [1.165, 1.54) is 6.92 Å². The third kappa shape index (κ3) is 8.49. The molecule has 0 aliphatic rings. The summed E-state index contributed by atoms with van der Waals surface area (Å²) in [6.45, 7) is 22.8. The highest BCUT2D eigenvalue weighted by atomic mass is 16.3. The van der Waals surface area contributed by atoms with Crippen molar-refractivity contribution in [2.24, 2.45) is 0 Å². The summed E-state index contributed by atoms with van der Waals surface area (Å²) in [4.78, 5) is 10.2. The Balaban J connectivity index is 1.41. The predicted molar refractivity (Wildman–Crippen MR) is 279 cm³/mol. The Kier molecular flexibility index (Phi) is 9.19. The van der Waals surface area contributed by atoms with Crippen LogP contribution in [0.25, 0.3) is 83.9 Å². The van der Waals surface area contributed by atoms with Gasteiger partial charge in [0.1, 0.15) is 11.6 Å². The molecular formula is C62H61N3O. The molecule has 4 heteroatoms. The molecule has 7 aromatic carbocycles. The first-order valence-corrected chi connectivity index (χ1v) is 22.6. The quantitative estimate of drug-likeness (QED) is 0.174. The largest absolute Gasteiger partial charge is 0.507 e. The Morgan fingerprint density at radius 1 is 0.515 bits per heavy atom. The van der Waals surface area contributed by atoms with Gasteiger partial charge in [0.15, 0.2) is 0 Å². The van der Waals surface area contributed by atoms with Crippen molar-refractivity contribution >= 4 is 11.0 Å². The summed E-state index contributed by atoms with van der Waals surface area (Å²) >= 11 is 0. The Hall–Kier alpha value is -7.04. The SMILES string of the molecule is [2H]c1nc(-c2cc(-c3cccc4c3nc(-c3cc(C(C)(C)C)cc(C(C)(C)C)c3O)n4-c3cc(-c4ccccc4)c(C)cc3-c3ccccc3)cc(C(C)(C)C)c2)c([2H])c(-c2c([2H])c([2H])c(C)c([2H])c2[2H])c1[2H]. The molecule has 2 aromatic heterocycles. The van der Waals surface area contributed by atoms with E-state index in [-0.39, 0.29) is 63.8 Å².